The van der Waals surface area contributed by atoms with Crippen LogP contribution in [-0.2, 0) is 14.4 Å². The van der Waals surface area contributed by atoms with E-state index < -0.39 is 41.2 Å². The van der Waals surface area contributed by atoms with Crippen molar-refractivity contribution in [2.45, 2.75) is 50.1 Å². The molecular weight excluding hydrogens is 388 g/mol. The Morgan fingerprint density at radius 3 is 2.53 bits per heavy atom. The van der Waals surface area contributed by atoms with E-state index in [0.29, 0.717) is 31.1 Å². The Labute approximate surface area is 174 Å². The first-order chi connectivity index (χ1) is 14.5. The number of benzene rings is 1. The molecule has 2 amide bonds. The van der Waals surface area contributed by atoms with Crippen LogP contribution in [0.5, 0.6) is 11.5 Å². The van der Waals surface area contributed by atoms with Crippen molar-refractivity contribution in [1.29, 1.82) is 0 Å². The number of amides is 2. The molecule has 1 aliphatic carbocycles. The van der Waals surface area contributed by atoms with E-state index in [1.165, 1.54) is 0 Å². The van der Waals surface area contributed by atoms with E-state index in [0.717, 1.165) is 37.7 Å². The van der Waals surface area contributed by atoms with Crippen molar-refractivity contribution in [3.63, 3.8) is 0 Å². The van der Waals surface area contributed by atoms with Gasteiger partial charge in [0.15, 0.2) is 11.5 Å². The quantitative estimate of drug-likeness (QED) is 0.644. The Balaban J connectivity index is 1.53. The van der Waals surface area contributed by atoms with Gasteiger partial charge >= 0.3 is 5.97 Å². The molecule has 1 aromatic carbocycles. The molecule has 8 heteroatoms. The third-order valence-electron chi connectivity index (χ3n) is 7.14. The lowest BCUT2D eigenvalue weighted by atomic mass is 9.72. The Bertz CT molecular complexity index is 896. The van der Waals surface area contributed by atoms with Crippen LogP contribution in [-0.4, -0.2) is 41.6 Å². The Kier molecular flexibility index (Phi) is 4.69. The summed E-state index contributed by atoms with van der Waals surface area (Å²) >= 11 is 0. The van der Waals surface area contributed by atoms with Crippen LogP contribution in [0.1, 0.15) is 50.1 Å². The molecule has 4 unspecified atom stereocenters. The smallest absolute Gasteiger partial charge is 0.324 e. The van der Waals surface area contributed by atoms with Crippen molar-refractivity contribution in [1.82, 2.24) is 10.6 Å². The molecular formula is C22H26N2O6. The first kappa shape index (κ1) is 19.4. The average molecular weight is 414 g/mol. The minimum absolute atomic E-state index is 0.227. The van der Waals surface area contributed by atoms with Gasteiger partial charge in [-0.3, -0.25) is 25.0 Å². The zero-order valence-corrected chi connectivity index (χ0v) is 16.7. The van der Waals surface area contributed by atoms with E-state index in [-0.39, 0.29) is 5.92 Å². The monoisotopic (exact) mass is 414 g/mol. The van der Waals surface area contributed by atoms with Crippen molar-refractivity contribution in [2.24, 2.45) is 17.8 Å². The van der Waals surface area contributed by atoms with E-state index in [4.69, 9.17) is 9.47 Å². The second-order valence-electron chi connectivity index (χ2n) is 8.87. The Morgan fingerprint density at radius 2 is 1.80 bits per heavy atom. The second kappa shape index (κ2) is 7.27. The zero-order chi connectivity index (χ0) is 20.9. The number of fused-ring (bicyclic) bond motifs is 2. The van der Waals surface area contributed by atoms with Gasteiger partial charge in [-0.25, -0.2) is 0 Å². The normalized spacial score (nSPS) is 33.3. The van der Waals surface area contributed by atoms with Gasteiger partial charge < -0.3 is 14.6 Å². The number of imide groups is 1. The standard InChI is InChI=1S/C22H26N2O6/c25-19-16-17(20(26)23-19)22(21(27)28,11-12-4-2-1-3-5-12)24-18(16)13-6-7-14-15(10-13)30-9-8-29-14/h6-7,10,12,16-18,24H,1-5,8-9,11H2,(H,27,28)(H,23,25,26). The molecule has 0 radical (unpaired) electrons. The van der Waals surface area contributed by atoms with Gasteiger partial charge in [0.05, 0.1) is 11.8 Å². The van der Waals surface area contributed by atoms with Gasteiger partial charge in [-0.05, 0) is 30.0 Å². The number of rotatable bonds is 4. The molecule has 5 rings (SSSR count). The molecule has 160 valence electrons. The topological polar surface area (TPSA) is 114 Å². The molecule has 30 heavy (non-hydrogen) atoms. The summed E-state index contributed by atoms with van der Waals surface area (Å²) in [7, 11) is 0. The van der Waals surface area contributed by atoms with Gasteiger partial charge in [0.25, 0.3) is 0 Å². The highest BCUT2D eigenvalue weighted by Crippen LogP contribution is 2.50. The van der Waals surface area contributed by atoms with E-state index >= 15 is 0 Å². The molecule has 0 spiro atoms. The molecule has 3 N–H and O–H groups in total. The van der Waals surface area contributed by atoms with Crippen molar-refractivity contribution < 1.29 is 29.0 Å². The van der Waals surface area contributed by atoms with E-state index in [9.17, 15) is 19.5 Å². The van der Waals surface area contributed by atoms with Crippen molar-refractivity contribution in [2.75, 3.05) is 13.2 Å². The molecule has 8 nitrogen and oxygen atoms in total. The lowest BCUT2D eigenvalue weighted by Crippen LogP contribution is -2.56. The fraction of sp³-hybridized carbons (Fsp3) is 0.591. The maximum absolute atomic E-state index is 12.8. The predicted octanol–water partition coefficient (Wildman–Crippen LogP) is 1.78. The summed E-state index contributed by atoms with van der Waals surface area (Å²) < 4.78 is 11.2. The molecule has 0 bridgehead atoms. The number of aliphatic carboxylic acids is 1. The first-order valence-electron chi connectivity index (χ1n) is 10.7. The number of hydrogen-bond donors (Lipinski definition) is 3. The van der Waals surface area contributed by atoms with Crippen LogP contribution in [0.25, 0.3) is 0 Å². The zero-order valence-electron chi connectivity index (χ0n) is 16.7. The van der Waals surface area contributed by atoms with E-state index in [2.05, 4.69) is 10.6 Å². The number of carboxylic acids is 1. The predicted molar refractivity (Wildman–Crippen MR) is 105 cm³/mol. The summed E-state index contributed by atoms with van der Waals surface area (Å²) in [5.41, 5.74) is -0.730. The van der Waals surface area contributed by atoms with Gasteiger partial charge in [0.2, 0.25) is 11.8 Å². The summed E-state index contributed by atoms with van der Waals surface area (Å²) in [6, 6.07) is 4.79. The van der Waals surface area contributed by atoms with Crippen LogP contribution in [0.3, 0.4) is 0 Å². The minimum atomic E-state index is -1.46. The first-order valence-corrected chi connectivity index (χ1v) is 10.7. The second-order valence-corrected chi connectivity index (χ2v) is 8.87. The summed E-state index contributed by atoms with van der Waals surface area (Å²) in [5, 5.41) is 16.0. The van der Waals surface area contributed by atoms with Gasteiger partial charge in [-0.1, -0.05) is 38.2 Å². The highest BCUT2D eigenvalue weighted by atomic mass is 16.6. The van der Waals surface area contributed by atoms with E-state index in [1.54, 1.807) is 12.1 Å². The molecule has 4 atom stereocenters. The van der Waals surface area contributed by atoms with Gasteiger partial charge in [-0.2, -0.15) is 0 Å². The lowest BCUT2D eigenvalue weighted by molar-refractivity contribution is -0.150. The fourth-order valence-electron chi connectivity index (χ4n) is 5.79. The van der Waals surface area contributed by atoms with Gasteiger partial charge in [0.1, 0.15) is 18.8 Å². The SMILES string of the molecule is O=C1NC(=O)C2C1C(c1ccc3c(c1)OCCO3)NC2(CC1CCCCC1)C(=O)O. The Morgan fingerprint density at radius 1 is 1.07 bits per heavy atom. The molecule has 3 heterocycles. The summed E-state index contributed by atoms with van der Waals surface area (Å²) in [5.74, 6) is -2.24. The molecule has 4 aliphatic rings. The van der Waals surface area contributed by atoms with Crippen molar-refractivity contribution in [3.05, 3.63) is 23.8 Å². The molecule has 1 saturated carbocycles. The molecule has 1 aromatic rings. The molecule has 0 aromatic heterocycles. The average Bonchev–Trinajstić information content (AvgIpc) is 3.25. The summed E-state index contributed by atoms with van der Waals surface area (Å²) in [4.78, 5) is 38.1. The Hall–Kier alpha value is -2.61. The number of hydrogen-bond acceptors (Lipinski definition) is 6. The van der Waals surface area contributed by atoms with Crippen molar-refractivity contribution >= 4 is 17.8 Å². The highest BCUT2D eigenvalue weighted by molar-refractivity contribution is 6.09. The number of ether oxygens (including phenoxy) is 2. The highest BCUT2D eigenvalue weighted by Gasteiger charge is 2.66. The molecule has 3 aliphatic heterocycles. The molecule has 2 saturated heterocycles. The maximum Gasteiger partial charge on any atom is 0.324 e. The number of carboxylic acid groups (broad SMARTS) is 1. The van der Waals surface area contributed by atoms with Crippen LogP contribution in [0.15, 0.2) is 18.2 Å². The lowest BCUT2D eigenvalue weighted by Gasteiger charge is -2.35. The minimum Gasteiger partial charge on any atom is -0.486 e. The summed E-state index contributed by atoms with van der Waals surface area (Å²) in [6.45, 7) is 0.902. The number of carbonyl (C=O) groups is 3. The van der Waals surface area contributed by atoms with Crippen LogP contribution < -0.4 is 20.1 Å². The largest absolute Gasteiger partial charge is 0.486 e. The van der Waals surface area contributed by atoms with Crippen molar-refractivity contribution in [3.8, 4) is 11.5 Å². The maximum atomic E-state index is 12.8. The number of carbonyl (C=O) groups excluding carboxylic acids is 2. The van der Waals surface area contributed by atoms with E-state index in [1.807, 2.05) is 6.07 Å². The number of nitrogens with one attached hydrogen (secondary N) is 2. The third kappa shape index (κ3) is 2.96. The van der Waals surface area contributed by atoms with Gasteiger partial charge in [-0.15, -0.1) is 0 Å². The third-order valence-corrected chi connectivity index (χ3v) is 7.14. The van der Waals surface area contributed by atoms with Crippen LogP contribution in [0, 0.1) is 17.8 Å². The van der Waals surface area contributed by atoms with Crippen LogP contribution in [0.4, 0.5) is 0 Å². The fourth-order valence-corrected chi connectivity index (χ4v) is 5.79. The van der Waals surface area contributed by atoms with Crippen LogP contribution in [0.2, 0.25) is 0 Å². The molecule has 3 fully saturated rings. The summed E-state index contributed by atoms with van der Waals surface area (Å²) in [6.07, 6.45) is 5.58. The van der Waals surface area contributed by atoms with Gasteiger partial charge in [0, 0.05) is 6.04 Å². The van der Waals surface area contributed by atoms with Crippen LogP contribution >= 0.6 is 0 Å².